The molecule has 0 radical (unpaired) electrons. The molecule has 0 bridgehead atoms. The van der Waals surface area contributed by atoms with Crippen molar-refractivity contribution < 1.29 is 4.74 Å². The normalized spacial score (nSPS) is 22.3. The maximum atomic E-state index is 5.46. The third-order valence-corrected chi connectivity index (χ3v) is 4.78. The number of hydrogen-bond acceptors (Lipinski definition) is 3. The van der Waals surface area contributed by atoms with E-state index in [0.29, 0.717) is 6.04 Å². The SMILES string of the molecule is CN=C(NCCc1ccccc1)N1CCC(N2CCOCC2)C1.I. The maximum Gasteiger partial charge on any atom is 0.193 e. The Labute approximate surface area is 162 Å². The summed E-state index contributed by atoms with van der Waals surface area (Å²) in [6.45, 7) is 6.98. The average Bonchev–Trinajstić information content (AvgIpc) is 3.10. The molecule has 1 aromatic rings. The van der Waals surface area contributed by atoms with Crippen LogP contribution in [0.3, 0.4) is 0 Å². The summed E-state index contributed by atoms with van der Waals surface area (Å²) < 4.78 is 5.46. The van der Waals surface area contributed by atoms with Crippen molar-refractivity contribution in [3.63, 3.8) is 0 Å². The zero-order chi connectivity index (χ0) is 15.9. The quantitative estimate of drug-likeness (QED) is 0.437. The Balaban J connectivity index is 0.00000208. The summed E-state index contributed by atoms with van der Waals surface area (Å²) in [5, 5.41) is 3.52. The highest BCUT2D eigenvalue weighted by Gasteiger charge is 2.30. The molecule has 24 heavy (non-hydrogen) atoms. The van der Waals surface area contributed by atoms with Crippen LogP contribution in [0, 0.1) is 0 Å². The van der Waals surface area contributed by atoms with Crippen molar-refractivity contribution in [2.24, 2.45) is 4.99 Å². The summed E-state index contributed by atoms with van der Waals surface area (Å²) in [6, 6.07) is 11.2. The Morgan fingerprint density at radius 1 is 1.21 bits per heavy atom. The number of aliphatic imine (C=N–C) groups is 1. The lowest BCUT2D eigenvalue weighted by Crippen LogP contribution is -2.46. The lowest BCUT2D eigenvalue weighted by molar-refractivity contribution is 0.0195. The van der Waals surface area contributed by atoms with Crippen molar-refractivity contribution in [1.29, 1.82) is 0 Å². The molecule has 134 valence electrons. The number of morpholine rings is 1. The molecule has 2 heterocycles. The second-order valence-corrected chi connectivity index (χ2v) is 6.25. The van der Waals surface area contributed by atoms with E-state index in [0.717, 1.165) is 58.3 Å². The van der Waals surface area contributed by atoms with Crippen molar-refractivity contribution in [2.45, 2.75) is 18.9 Å². The van der Waals surface area contributed by atoms with Gasteiger partial charge in [0.25, 0.3) is 0 Å². The minimum Gasteiger partial charge on any atom is -0.379 e. The Bertz CT molecular complexity index is 505. The lowest BCUT2D eigenvalue weighted by atomic mass is 10.1. The summed E-state index contributed by atoms with van der Waals surface area (Å²) in [6.07, 6.45) is 2.25. The minimum atomic E-state index is 0. The molecule has 2 fully saturated rings. The van der Waals surface area contributed by atoms with Crippen LogP contribution in [0.15, 0.2) is 35.3 Å². The predicted molar refractivity (Wildman–Crippen MR) is 109 cm³/mol. The summed E-state index contributed by atoms with van der Waals surface area (Å²) in [5.41, 5.74) is 1.36. The van der Waals surface area contributed by atoms with E-state index in [2.05, 4.69) is 50.4 Å². The predicted octanol–water partition coefficient (Wildman–Crippen LogP) is 1.83. The average molecular weight is 444 g/mol. The standard InChI is InChI=1S/C18H28N4O.HI/c1-19-18(20-9-7-16-5-3-2-4-6-16)22-10-8-17(15-22)21-11-13-23-14-12-21;/h2-6,17H,7-15H2,1H3,(H,19,20);1H. The van der Waals surface area contributed by atoms with E-state index in [1.807, 2.05) is 7.05 Å². The molecule has 2 aliphatic heterocycles. The first kappa shape index (κ1) is 19.5. The second kappa shape index (κ2) is 10.2. The van der Waals surface area contributed by atoms with Gasteiger partial charge >= 0.3 is 0 Å². The fourth-order valence-electron chi connectivity index (χ4n) is 3.47. The number of nitrogens with zero attached hydrogens (tertiary/aromatic N) is 3. The number of rotatable bonds is 4. The fraction of sp³-hybridized carbons (Fsp3) is 0.611. The molecule has 1 N–H and O–H groups in total. The molecule has 0 amide bonds. The molecule has 1 aromatic carbocycles. The minimum absolute atomic E-state index is 0. The first-order valence-corrected chi connectivity index (χ1v) is 8.68. The van der Waals surface area contributed by atoms with Gasteiger partial charge in [0.1, 0.15) is 0 Å². The van der Waals surface area contributed by atoms with Gasteiger partial charge in [0.15, 0.2) is 5.96 Å². The molecule has 1 unspecified atom stereocenters. The molecule has 0 aromatic heterocycles. The van der Waals surface area contributed by atoms with Gasteiger partial charge in [-0.25, -0.2) is 0 Å². The van der Waals surface area contributed by atoms with E-state index in [1.165, 1.54) is 12.0 Å². The number of guanidine groups is 1. The first-order valence-electron chi connectivity index (χ1n) is 8.68. The van der Waals surface area contributed by atoms with Gasteiger partial charge in [-0.15, -0.1) is 24.0 Å². The van der Waals surface area contributed by atoms with Crippen molar-refractivity contribution in [1.82, 2.24) is 15.1 Å². The molecule has 1 atom stereocenters. The smallest absolute Gasteiger partial charge is 0.193 e. The molecule has 2 aliphatic rings. The topological polar surface area (TPSA) is 40.1 Å². The summed E-state index contributed by atoms with van der Waals surface area (Å²) in [5.74, 6) is 1.04. The van der Waals surface area contributed by atoms with Crippen molar-refractivity contribution in [3.8, 4) is 0 Å². The van der Waals surface area contributed by atoms with Crippen LogP contribution in [0.2, 0.25) is 0 Å². The molecule has 5 nitrogen and oxygen atoms in total. The van der Waals surface area contributed by atoms with Gasteiger partial charge < -0.3 is 15.0 Å². The highest BCUT2D eigenvalue weighted by molar-refractivity contribution is 14.0. The number of hydrogen-bond donors (Lipinski definition) is 1. The highest BCUT2D eigenvalue weighted by Crippen LogP contribution is 2.17. The summed E-state index contributed by atoms with van der Waals surface area (Å²) in [4.78, 5) is 9.43. The molecule has 2 saturated heterocycles. The Morgan fingerprint density at radius 3 is 2.67 bits per heavy atom. The van der Waals surface area contributed by atoms with Crippen molar-refractivity contribution in [2.75, 3.05) is 53.0 Å². The second-order valence-electron chi connectivity index (χ2n) is 6.25. The van der Waals surface area contributed by atoms with Gasteiger partial charge in [0.05, 0.1) is 13.2 Å². The van der Waals surface area contributed by atoms with E-state index < -0.39 is 0 Å². The molecular formula is C18H29IN4O. The molecule has 0 saturated carbocycles. The van der Waals surface area contributed by atoms with Gasteiger partial charge in [-0.3, -0.25) is 9.89 Å². The van der Waals surface area contributed by atoms with Gasteiger partial charge in [-0.2, -0.15) is 0 Å². The third-order valence-electron chi connectivity index (χ3n) is 4.78. The lowest BCUT2D eigenvalue weighted by Gasteiger charge is -2.32. The van der Waals surface area contributed by atoms with E-state index >= 15 is 0 Å². The Kier molecular flexibility index (Phi) is 8.28. The molecule has 3 rings (SSSR count). The van der Waals surface area contributed by atoms with Crippen LogP contribution in [0.5, 0.6) is 0 Å². The Morgan fingerprint density at radius 2 is 1.96 bits per heavy atom. The van der Waals surface area contributed by atoms with Gasteiger partial charge in [0, 0.05) is 45.8 Å². The summed E-state index contributed by atoms with van der Waals surface area (Å²) >= 11 is 0. The number of ether oxygens (including phenoxy) is 1. The van der Waals surface area contributed by atoms with Crippen LogP contribution >= 0.6 is 24.0 Å². The largest absolute Gasteiger partial charge is 0.379 e. The van der Waals surface area contributed by atoms with Crippen LogP contribution in [0.25, 0.3) is 0 Å². The van der Waals surface area contributed by atoms with Gasteiger partial charge in [-0.1, -0.05) is 30.3 Å². The fourth-order valence-corrected chi connectivity index (χ4v) is 3.47. The number of likely N-dealkylation sites (tertiary alicyclic amines) is 1. The number of nitrogens with one attached hydrogen (secondary N) is 1. The molecular weight excluding hydrogens is 415 g/mol. The van der Waals surface area contributed by atoms with Crippen LogP contribution in [-0.2, 0) is 11.2 Å². The molecule has 6 heteroatoms. The van der Waals surface area contributed by atoms with Gasteiger partial charge in [0.2, 0.25) is 0 Å². The van der Waals surface area contributed by atoms with E-state index in [4.69, 9.17) is 4.74 Å². The van der Waals surface area contributed by atoms with Crippen molar-refractivity contribution >= 4 is 29.9 Å². The van der Waals surface area contributed by atoms with E-state index in [-0.39, 0.29) is 24.0 Å². The molecule has 0 aliphatic carbocycles. The van der Waals surface area contributed by atoms with Crippen LogP contribution < -0.4 is 5.32 Å². The van der Waals surface area contributed by atoms with Crippen LogP contribution in [-0.4, -0.2) is 74.8 Å². The van der Waals surface area contributed by atoms with Gasteiger partial charge in [-0.05, 0) is 18.4 Å². The zero-order valence-electron chi connectivity index (χ0n) is 14.5. The highest BCUT2D eigenvalue weighted by atomic mass is 127. The van der Waals surface area contributed by atoms with Crippen LogP contribution in [0.1, 0.15) is 12.0 Å². The maximum absolute atomic E-state index is 5.46. The van der Waals surface area contributed by atoms with E-state index in [1.54, 1.807) is 0 Å². The van der Waals surface area contributed by atoms with E-state index in [9.17, 15) is 0 Å². The number of benzene rings is 1. The third kappa shape index (κ3) is 5.32. The Hall–Kier alpha value is -0.860. The number of halogens is 1. The molecule has 0 spiro atoms. The first-order chi connectivity index (χ1) is 11.4. The monoisotopic (exact) mass is 444 g/mol. The van der Waals surface area contributed by atoms with Crippen molar-refractivity contribution in [3.05, 3.63) is 35.9 Å². The zero-order valence-corrected chi connectivity index (χ0v) is 16.8. The summed E-state index contributed by atoms with van der Waals surface area (Å²) in [7, 11) is 1.88. The van der Waals surface area contributed by atoms with Crippen LogP contribution in [0.4, 0.5) is 0 Å².